The summed E-state index contributed by atoms with van der Waals surface area (Å²) in [7, 11) is -2.97. The van der Waals surface area contributed by atoms with Crippen molar-refractivity contribution in [1.82, 2.24) is 14.8 Å². The van der Waals surface area contributed by atoms with Crippen LogP contribution in [0.5, 0.6) is 5.75 Å². The van der Waals surface area contributed by atoms with Crippen LogP contribution >= 0.6 is 23.4 Å². The molecule has 1 aliphatic rings. The Hall–Kier alpha value is -1.25. The number of hydrogen-bond donors (Lipinski definition) is 0. The average Bonchev–Trinajstić information content (AvgIpc) is 3.27. The van der Waals surface area contributed by atoms with Gasteiger partial charge in [-0.2, -0.15) is 0 Å². The van der Waals surface area contributed by atoms with Crippen LogP contribution in [-0.2, 0) is 16.4 Å². The summed E-state index contributed by atoms with van der Waals surface area (Å²) < 4.78 is 30.3. The number of ether oxygens (including phenoxy) is 1. The Balaban J connectivity index is 1.69. The summed E-state index contributed by atoms with van der Waals surface area (Å²) in [5.41, 5.74) is 0. The minimum Gasteiger partial charge on any atom is -0.484 e. The number of sulfone groups is 1. The predicted molar refractivity (Wildman–Crippen MR) is 94.5 cm³/mol. The molecule has 0 bridgehead atoms. The van der Waals surface area contributed by atoms with Gasteiger partial charge >= 0.3 is 0 Å². The molecule has 3 rings (SSSR count). The molecule has 9 heteroatoms. The second kappa shape index (κ2) is 7.33. The first-order valence-corrected chi connectivity index (χ1v) is 11.0. The molecule has 0 atom stereocenters. The van der Waals surface area contributed by atoms with E-state index in [4.69, 9.17) is 16.3 Å². The van der Waals surface area contributed by atoms with Crippen LogP contribution in [0.25, 0.3) is 0 Å². The molecule has 0 N–H and O–H groups in total. The lowest BCUT2D eigenvalue weighted by Crippen LogP contribution is -2.09. The second-order valence-electron chi connectivity index (χ2n) is 5.70. The van der Waals surface area contributed by atoms with Crippen LogP contribution in [0.15, 0.2) is 29.4 Å². The summed E-state index contributed by atoms with van der Waals surface area (Å²) >= 11 is 7.51. The maximum absolute atomic E-state index is 11.3. The topological polar surface area (TPSA) is 74.1 Å². The van der Waals surface area contributed by atoms with E-state index in [1.807, 2.05) is 18.2 Å². The molecule has 0 unspecified atom stereocenters. The van der Waals surface area contributed by atoms with Crippen LogP contribution in [0.2, 0.25) is 5.02 Å². The Bertz CT molecular complexity index is 819. The van der Waals surface area contributed by atoms with Crippen molar-refractivity contribution in [3.63, 3.8) is 0 Å². The van der Waals surface area contributed by atoms with Gasteiger partial charge < -0.3 is 9.30 Å². The van der Waals surface area contributed by atoms with E-state index < -0.39 is 9.84 Å². The molecule has 1 aliphatic carbocycles. The van der Waals surface area contributed by atoms with Crippen molar-refractivity contribution >= 4 is 33.2 Å². The SMILES string of the molecule is CS(=O)(=O)CCSc1nnc(COc2ccccc2Cl)n1C1CC1. The molecule has 1 heterocycles. The van der Waals surface area contributed by atoms with Gasteiger partial charge in [-0.3, -0.25) is 0 Å². The monoisotopic (exact) mass is 387 g/mol. The van der Waals surface area contributed by atoms with Crippen molar-refractivity contribution in [3.8, 4) is 5.75 Å². The van der Waals surface area contributed by atoms with Crippen LogP contribution in [0.1, 0.15) is 24.7 Å². The van der Waals surface area contributed by atoms with E-state index in [0.717, 1.165) is 23.8 Å². The Morgan fingerprint density at radius 2 is 2.08 bits per heavy atom. The van der Waals surface area contributed by atoms with Crippen molar-refractivity contribution in [3.05, 3.63) is 35.1 Å². The molecule has 0 saturated heterocycles. The Morgan fingerprint density at radius 1 is 1.33 bits per heavy atom. The van der Waals surface area contributed by atoms with Gasteiger partial charge in [-0.1, -0.05) is 35.5 Å². The minimum atomic E-state index is -2.97. The van der Waals surface area contributed by atoms with Crippen LogP contribution < -0.4 is 4.74 Å². The summed E-state index contributed by atoms with van der Waals surface area (Å²) in [6, 6.07) is 7.67. The van der Waals surface area contributed by atoms with Gasteiger partial charge in [0.25, 0.3) is 0 Å². The molecule has 1 aromatic heterocycles. The van der Waals surface area contributed by atoms with Crippen molar-refractivity contribution in [2.45, 2.75) is 30.6 Å². The van der Waals surface area contributed by atoms with Crippen LogP contribution in [-0.4, -0.2) is 40.9 Å². The maximum Gasteiger partial charge on any atom is 0.191 e. The molecule has 6 nitrogen and oxygen atoms in total. The lowest BCUT2D eigenvalue weighted by molar-refractivity contribution is 0.288. The van der Waals surface area contributed by atoms with E-state index in [1.54, 1.807) is 6.07 Å². The molecule has 2 aromatic rings. The first-order chi connectivity index (χ1) is 11.4. The molecule has 1 aromatic carbocycles. The molecule has 24 heavy (non-hydrogen) atoms. The third-order valence-electron chi connectivity index (χ3n) is 3.53. The Morgan fingerprint density at radius 3 is 2.75 bits per heavy atom. The number of halogens is 1. The van der Waals surface area contributed by atoms with E-state index in [1.165, 1.54) is 18.0 Å². The number of nitrogens with zero attached hydrogens (tertiary/aromatic N) is 3. The number of rotatable bonds is 8. The highest BCUT2D eigenvalue weighted by atomic mass is 35.5. The van der Waals surface area contributed by atoms with Crippen LogP contribution in [0.4, 0.5) is 0 Å². The first kappa shape index (κ1) is 17.6. The minimum absolute atomic E-state index is 0.126. The quantitative estimate of drug-likeness (QED) is 0.648. The summed E-state index contributed by atoms with van der Waals surface area (Å²) in [6.45, 7) is 0.278. The molecule has 1 fully saturated rings. The van der Waals surface area contributed by atoms with E-state index >= 15 is 0 Å². The summed E-state index contributed by atoms with van der Waals surface area (Å²) in [6.07, 6.45) is 3.40. The molecule has 1 saturated carbocycles. The predicted octanol–water partition coefficient (Wildman–Crippen LogP) is 2.98. The highest BCUT2D eigenvalue weighted by Gasteiger charge is 2.30. The number of aromatic nitrogens is 3. The second-order valence-corrected chi connectivity index (χ2v) is 9.43. The van der Waals surface area contributed by atoms with E-state index in [2.05, 4.69) is 14.8 Å². The zero-order chi connectivity index (χ0) is 17.2. The van der Waals surface area contributed by atoms with Gasteiger partial charge in [-0.05, 0) is 25.0 Å². The zero-order valence-corrected chi connectivity index (χ0v) is 15.6. The van der Waals surface area contributed by atoms with Gasteiger partial charge in [0.2, 0.25) is 0 Å². The van der Waals surface area contributed by atoms with Crippen LogP contribution in [0, 0.1) is 0 Å². The smallest absolute Gasteiger partial charge is 0.191 e. The molecule has 0 radical (unpaired) electrons. The van der Waals surface area contributed by atoms with Crippen molar-refractivity contribution < 1.29 is 13.2 Å². The van der Waals surface area contributed by atoms with Gasteiger partial charge in [0.1, 0.15) is 22.2 Å². The van der Waals surface area contributed by atoms with Crippen molar-refractivity contribution in [1.29, 1.82) is 0 Å². The normalized spacial score (nSPS) is 14.8. The van der Waals surface area contributed by atoms with Gasteiger partial charge in [0.05, 0.1) is 10.8 Å². The Labute approximate surface area is 150 Å². The van der Waals surface area contributed by atoms with Crippen LogP contribution in [0.3, 0.4) is 0 Å². The molecule has 0 spiro atoms. The molecular formula is C15H18ClN3O3S2. The van der Waals surface area contributed by atoms with Crippen molar-refractivity contribution in [2.75, 3.05) is 17.8 Å². The lowest BCUT2D eigenvalue weighted by atomic mass is 10.3. The van der Waals surface area contributed by atoms with E-state index in [-0.39, 0.29) is 12.4 Å². The summed E-state index contributed by atoms with van der Waals surface area (Å²) in [5, 5.41) is 9.71. The summed E-state index contributed by atoms with van der Waals surface area (Å²) in [4.78, 5) is 0. The molecular weight excluding hydrogens is 370 g/mol. The Kier molecular flexibility index (Phi) is 5.36. The average molecular weight is 388 g/mol. The molecule has 0 amide bonds. The van der Waals surface area contributed by atoms with E-state index in [0.29, 0.717) is 22.6 Å². The highest BCUT2D eigenvalue weighted by molar-refractivity contribution is 8.00. The molecule has 0 aliphatic heterocycles. The fourth-order valence-electron chi connectivity index (χ4n) is 2.19. The third-order valence-corrected chi connectivity index (χ3v) is 5.99. The number of para-hydroxylation sites is 1. The number of benzene rings is 1. The largest absolute Gasteiger partial charge is 0.484 e. The number of thioether (sulfide) groups is 1. The molecule has 130 valence electrons. The lowest BCUT2D eigenvalue weighted by Gasteiger charge is -2.10. The van der Waals surface area contributed by atoms with Gasteiger partial charge in [0.15, 0.2) is 11.0 Å². The summed E-state index contributed by atoms with van der Waals surface area (Å²) in [5.74, 6) is 1.94. The standard InChI is InChI=1S/C15H18ClN3O3S2/c1-24(20,21)9-8-23-15-18-17-14(19(15)11-6-7-11)10-22-13-5-3-2-4-12(13)16/h2-5,11H,6-10H2,1H3. The van der Waals surface area contributed by atoms with Gasteiger partial charge in [-0.25, -0.2) is 8.42 Å². The third kappa shape index (κ3) is 4.64. The fourth-order valence-corrected chi connectivity index (χ4v) is 4.60. The van der Waals surface area contributed by atoms with Crippen molar-refractivity contribution in [2.24, 2.45) is 0 Å². The van der Waals surface area contributed by atoms with Gasteiger partial charge in [-0.15, -0.1) is 10.2 Å². The fraction of sp³-hybridized carbons (Fsp3) is 0.467. The number of hydrogen-bond acceptors (Lipinski definition) is 6. The van der Waals surface area contributed by atoms with Gasteiger partial charge in [0, 0.05) is 18.1 Å². The maximum atomic E-state index is 11.3. The van der Waals surface area contributed by atoms with E-state index in [9.17, 15) is 8.42 Å². The first-order valence-electron chi connectivity index (χ1n) is 7.55. The highest BCUT2D eigenvalue weighted by Crippen LogP contribution is 2.39. The zero-order valence-electron chi connectivity index (χ0n) is 13.2.